The van der Waals surface area contributed by atoms with E-state index in [-0.39, 0.29) is 0 Å². The third-order valence-electron chi connectivity index (χ3n) is 2.68. The van der Waals surface area contributed by atoms with Crippen LogP contribution < -0.4 is 0 Å². The SMILES string of the molecule is N#CCC1CCc2c(Br)cccc21. The van der Waals surface area contributed by atoms with Gasteiger partial charge in [0, 0.05) is 10.9 Å². The number of rotatable bonds is 1. The molecule has 1 atom stereocenters. The van der Waals surface area contributed by atoms with Crippen LogP contribution in [-0.2, 0) is 6.42 Å². The quantitative estimate of drug-likeness (QED) is 0.733. The Morgan fingerprint density at radius 1 is 1.54 bits per heavy atom. The van der Waals surface area contributed by atoms with Crippen molar-refractivity contribution >= 4 is 15.9 Å². The van der Waals surface area contributed by atoms with Gasteiger partial charge in [-0.15, -0.1) is 0 Å². The summed E-state index contributed by atoms with van der Waals surface area (Å²) in [4.78, 5) is 0. The van der Waals surface area contributed by atoms with Crippen molar-refractivity contribution in [1.29, 1.82) is 5.26 Å². The molecule has 13 heavy (non-hydrogen) atoms. The molecule has 0 aliphatic heterocycles. The topological polar surface area (TPSA) is 23.8 Å². The first kappa shape index (κ1) is 8.77. The summed E-state index contributed by atoms with van der Waals surface area (Å²) in [5.74, 6) is 0.470. The number of hydrogen-bond acceptors (Lipinski definition) is 1. The second kappa shape index (κ2) is 3.51. The standard InChI is InChI=1S/C11H10BrN/c12-11-3-1-2-9-8(6-7-13)4-5-10(9)11/h1-3,8H,4-6H2. The van der Waals surface area contributed by atoms with Gasteiger partial charge in [-0.3, -0.25) is 0 Å². The lowest BCUT2D eigenvalue weighted by Crippen LogP contribution is -1.91. The summed E-state index contributed by atoms with van der Waals surface area (Å²) in [5, 5.41) is 8.66. The van der Waals surface area contributed by atoms with E-state index in [0.29, 0.717) is 12.3 Å². The number of fused-ring (bicyclic) bond motifs is 1. The first-order valence-electron chi connectivity index (χ1n) is 4.47. The summed E-state index contributed by atoms with van der Waals surface area (Å²) >= 11 is 3.54. The maximum Gasteiger partial charge on any atom is 0.0628 e. The number of nitriles is 1. The van der Waals surface area contributed by atoms with Gasteiger partial charge in [-0.2, -0.15) is 5.26 Å². The zero-order chi connectivity index (χ0) is 9.26. The highest BCUT2D eigenvalue weighted by atomic mass is 79.9. The molecule has 0 amide bonds. The van der Waals surface area contributed by atoms with Gasteiger partial charge in [-0.05, 0) is 36.0 Å². The lowest BCUT2D eigenvalue weighted by Gasteiger charge is -2.06. The van der Waals surface area contributed by atoms with Crippen LogP contribution in [0.25, 0.3) is 0 Å². The molecule has 0 bridgehead atoms. The summed E-state index contributed by atoms with van der Waals surface area (Å²) in [7, 11) is 0. The minimum absolute atomic E-state index is 0.470. The number of halogens is 1. The third-order valence-corrected chi connectivity index (χ3v) is 3.42. The van der Waals surface area contributed by atoms with Crippen LogP contribution in [0, 0.1) is 11.3 Å². The molecule has 0 saturated heterocycles. The van der Waals surface area contributed by atoms with Gasteiger partial charge in [0.1, 0.15) is 0 Å². The second-order valence-electron chi connectivity index (χ2n) is 3.41. The molecule has 1 aliphatic rings. The zero-order valence-corrected chi connectivity index (χ0v) is 8.84. The molecule has 1 nitrogen and oxygen atoms in total. The molecular formula is C11H10BrN. The maximum absolute atomic E-state index is 8.66. The Hall–Kier alpha value is -0.810. The summed E-state index contributed by atoms with van der Waals surface area (Å²) < 4.78 is 1.20. The van der Waals surface area contributed by atoms with E-state index in [1.54, 1.807) is 0 Å². The van der Waals surface area contributed by atoms with E-state index < -0.39 is 0 Å². The summed E-state index contributed by atoms with van der Waals surface area (Å²) in [6, 6.07) is 8.53. The predicted molar refractivity (Wildman–Crippen MR) is 55.4 cm³/mol. The predicted octanol–water partition coefficient (Wildman–Crippen LogP) is 3.39. The van der Waals surface area contributed by atoms with Gasteiger partial charge in [-0.1, -0.05) is 28.1 Å². The van der Waals surface area contributed by atoms with Crippen molar-refractivity contribution in [3.63, 3.8) is 0 Å². The fraction of sp³-hybridized carbons (Fsp3) is 0.364. The molecule has 2 heteroatoms. The summed E-state index contributed by atoms with van der Waals surface area (Å²) in [5.41, 5.74) is 2.78. The van der Waals surface area contributed by atoms with E-state index in [9.17, 15) is 0 Å². The van der Waals surface area contributed by atoms with Gasteiger partial charge in [0.25, 0.3) is 0 Å². The normalized spacial score (nSPS) is 19.5. The van der Waals surface area contributed by atoms with Crippen LogP contribution in [0.4, 0.5) is 0 Å². The van der Waals surface area contributed by atoms with Crippen LogP contribution in [0.5, 0.6) is 0 Å². The van der Waals surface area contributed by atoms with E-state index in [1.807, 2.05) is 0 Å². The third kappa shape index (κ3) is 1.49. The molecule has 2 rings (SSSR count). The summed E-state index contributed by atoms with van der Waals surface area (Å²) in [6.45, 7) is 0. The Kier molecular flexibility index (Phi) is 2.37. The lowest BCUT2D eigenvalue weighted by molar-refractivity contribution is 0.695. The van der Waals surface area contributed by atoms with Crippen LogP contribution in [-0.4, -0.2) is 0 Å². The second-order valence-corrected chi connectivity index (χ2v) is 4.26. The van der Waals surface area contributed by atoms with E-state index >= 15 is 0 Å². The minimum atomic E-state index is 0.470. The van der Waals surface area contributed by atoms with Crippen LogP contribution in [0.15, 0.2) is 22.7 Å². The van der Waals surface area contributed by atoms with E-state index in [0.717, 1.165) is 12.8 Å². The van der Waals surface area contributed by atoms with E-state index in [1.165, 1.54) is 15.6 Å². The molecule has 1 aliphatic carbocycles. The molecule has 1 unspecified atom stereocenters. The first-order chi connectivity index (χ1) is 6.33. The summed E-state index contributed by atoms with van der Waals surface area (Å²) in [6.07, 6.45) is 2.90. The fourth-order valence-electron chi connectivity index (χ4n) is 2.02. The largest absolute Gasteiger partial charge is 0.198 e. The lowest BCUT2D eigenvalue weighted by atomic mass is 9.99. The van der Waals surface area contributed by atoms with Gasteiger partial charge in [0.15, 0.2) is 0 Å². The Labute approximate surface area is 86.5 Å². The number of benzene rings is 1. The van der Waals surface area contributed by atoms with Crippen molar-refractivity contribution in [2.45, 2.75) is 25.2 Å². The molecule has 0 aromatic heterocycles. The Morgan fingerprint density at radius 3 is 3.15 bits per heavy atom. The average Bonchev–Trinajstić information content (AvgIpc) is 2.51. The van der Waals surface area contributed by atoms with Gasteiger partial charge in [0.05, 0.1) is 6.07 Å². The van der Waals surface area contributed by atoms with Crippen molar-refractivity contribution in [3.8, 4) is 6.07 Å². The highest BCUT2D eigenvalue weighted by Crippen LogP contribution is 2.38. The molecule has 66 valence electrons. The van der Waals surface area contributed by atoms with Gasteiger partial charge in [-0.25, -0.2) is 0 Å². The van der Waals surface area contributed by atoms with Gasteiger partial charge in [0.2, 0.25) is 0 Å². The average molecular weight is 236 g/mol. The maximum atomic E-state index is 8.66. The smallest absolute Gasteiger partial charge is 0.0628 e. The number of nitrogens with zero attached hydrogens (tertiary/aromatic N) is 1. The molecule has 0 saturated carbocycles. The van der Waals surface area contributed by atoms with Crippen molar-refractivity contribution in [2.75, 3.05) is 0 Å². The first-order valence-corrected chi connectivity index (χ1v) is 5.26. The van der Waals surface area contributed by atoms with Crippen molar-refractivity contribution in [2.24, 2.45) is 0 Å². The van der Waals surface area contributed by atoms with Crippen molar-refractivity contribution in [3.05, 3.63) is 33.8 Å². The molecule has 0 fully saturated rings. The molecular weight excluding hydrogens is 226 g/mol. The molecule has 0 radical (unpaired) electrons. The highest BCUT2D eigenvalue weighted by molar-refractivity contribution is 9.10. The highest BCUT2D eigenvalue weighted by Gasteiger charge is 2.23. The van der Waals surface area contributed by atoms with E-state index in [2.05, 4.69) is 40.2 Å². The van der Waals surface area contributed by atoms with Gasteiger partial charge >= 0.3 is 0 Å². The van der Waals surface area contributed by atoms with Crippen LogP contribution in [0.3, 0.4) is 0 Å². The molecule has 1 aromatic carbocycles. The Balaban J connectivity index is 2.39. The zero-order valence-electron chi connectivity index (χ0n) is 7.26. The Morgan fingerprint density at radius 2 is 2.38 bits per heavy atom. The van der Waals surface area contributed by atoms with Crippen LogP contribution in [0.2, 0.25) is 0 Å². The van der Waals surface area contributed by atoms with Crippen LogP contribution >= 0.6 is 15.9 Å². The van der Waals surface area contributed by atoms with Crippen molar-refractivity contribution < 1.29 is 0 Å². The monoisotopic (exact) mass is 235 g/mol. The fourth-order valence-corrected chi connectivity index (χ4v) is 2.60. The molecule has 0 heterocycles. The van der Waals surface area contributed by atoms with Gasteiger partial charge < -0.3 is 0 Å². The number of hydrogen-bond donors (Lipinski definition) is 0. The van der Waals surface area contributed by atoms with Crippen molar-refractivity contribution in [1.82, 2.24) is 0 Å². The van der Waals surface area contributed by atoms with E-state index in [4.69, 9.17) is 5.26 Å². The molecule has 0 spiro atoms. The minimum Gasteiger partial charge on any atom is -0.198 e. The Bertz CT molecular complexity index is 365. The van der Waals surface area contributed by atoms with Crippen LogP contribution in [0.1, 0.15) is 29.9 Å². The molecule has 0 N–H and O–H groups in total. The molecule has 1 aromatic rings.